The maximum absolute atomic E-state index is 12.9. The highest BCUT2D eigenvalue weighted by molar-refractivity contribution is 5.95. The molecule has 0 aromatic rings. The van der Waals surface area contributed by atoms with Gasteiger partial charge in [0.2, 0.25) is 23.6 Å². The summed E-state index contributed by atoms with van der Waals surface area (Å²) in [6.07, 6.45) is -0.613. The van der Waals surface area contributed by atoms with E-state index in [0.717, 1.165) is 0 Å². The van der Waals surface area contributed by atoms with Crippen molar-refractivity contribution in [2.24, 2.45) is 23.3 Å². The van der Waals surface area contributed by atoms with Crippen molar-refractivity contribution in [2.75, 3.05) is 0 Å². The van der Waals surface area contributed by atoms with Crippen molar-refractivity contribution in [2.45, 2.75) is 84.0 Å². The summed E-state index contributed by atoms with van der Waals surface area (Å²) in [6.45, 7) is 7.03. The minimum Gasteiger partial charge on any atom is -0.481 e. The Morgan fingerprint density at radius 2 is 1.38 bits per heavy atom. The molecule has 5 atom stereocenters. The van der Waals surface area contributed by atoms with Crippen LogP contribution in [0, 0.1) is 11.8 Å². The Bertz CT molecular complexity index is 757. The Hall–Kier alpha value is -3.22. The molecule has 0 aromatic heterocycles. The molecule has 0 spiro atoms. The summed E-state index contributed by atoms with van der Waals surface area (Å²) < 4.78 is 0. The van der Waals surface area contributed by atoms with Gasteiger partial charge < -0.3 is 37.6 Å². The van der Waals surface area contributed by atoms with Crippen LogP contribution in [0.3, 0.4) is 0 Å². The van der Waals surface area contributed by atoms with Gasteiger partial charge in [-0.25, -0.2) is 4.79 Å². The van der Waals surface area contributed by atoms with E-state index in [-0.39, 0.29) is 24.7 Å². The van der Waals surface area contributed by atoms with E-state index in [4.69, 9.17) is 16.6 Å². The van der Waals surface area contributed by atoms with E-state index in [2.05, 4.69) is 16.0 Å². The fraction of sp³-hybridized carbons (Fsp3) is 0.714. The van der Waals surface area contributed by atoms with Crippen LogP contribution >= 0.6 is 0 Å². The van der Waals surface area contributed by atoms with Gasteiger partial charge in [0.15, 0.2) is 0 Å². The third-order valence-electron chi connectivity index (χ3n) is 5.15. The van der Waals surface area contributed by atoms with Crippen molar-refractivity contribution in [3.63, 3.8) is 0 Å². The van der Waals surface area contributed by atoms with Gasteiger partial charge in [-0.2, -0.15) is 0 Å². The van der Waals surface area contributed by atoms with Crippen molar-refractivity contribution in [1.29, 1.82) is 0 Å². The lowest BCUT2D eigenvalue weighted by Crippen LogP contribution is -2.58. The molecule has 0 rings (SSSR count). The predicted molar refractivity (Wildman–Crippen MR) is 121 cm³/mol. The molecule has 0 aromatic carbocycles. The number of hydrogen-bond donors (Lipinski definition) is 7. The average molecular weight is 488 g/mol. The number of primary amides is 1. The lowest BCUT2D eigenvalue weighted by Gasteiger charge is -2.27. The van der Waals surface area contributed by atoms with Gasteiger partial charge in [-0.1, -0.05) is 34.1 Å². The van der Waals surface area contributed by atoms with Crippen LogP contribution in [0.1, 0.15) is 59.8 Å². The molecule has 9 N–H and O–H groups in total. The number of hydrogen-bond acceptors (Lipinski definition) is 7. The third-order valence-corrected chi connectivity index (χ3v) is 5.15. The number of aliphatic carboxylic acids is 2. The van der Waals surface area contributed by atoms with Crippen molar-refractivity contribution in [3.05, 3.63) is 0 Å². The van der Waals surface area contributed by atoms with Crippen LogP contribution in [0.25, 0.3) is 0 Å². The topological polar surface area (TPSA) is 231 Å². The summed E-state index contributed by atoms with van der Waals surface area (Å²) >= 11 is 0. The normalized spacial score (nSPS) is 15.4. The molecule has 4 amide bonds. The van der Waals surface area contributed by atoms with Crippen LogP contribution in [0.5, 0.6) is 0 Å². The number of nitrogens with two attached hydrogens (primary N) is 2. The molecular weight excluding hydrogens is 450 g/mol. The number of nitrogens with one attached hydrogen (secondary N) is 3. The Morgan fingerprint density at radius 1 is 0.853 bits per heavy atom. The van der Waals surface area contributed by atoms with Gasteiger partial charge >= 0.3 is 11.9 Å². The lowest BCUT2D eigenvalue weighted by atomic mass is 9.97. The number of amides is 4. The SMILES string of the molecule is CCC(C)C(NC(=O)C(CC(C)C)NC(=O)C(CCC(=O)O)NC(=O)C(N)CC(N)=O)C(=O)O. The highest BCUT2D eigenvalue weighted by Crippen LogP contribution is 2.11. The molecule has 5 unspecified atom stereocenters. The van der Waals surface area contributed by atoms with Gasteiger partial charge in [-0.15, -0.1) is 0 Å². The summed E-state index contributed by atoms with van der Waals surface area (Å²) in [5, 5.41) is 25.6. The Balaban J connectivity index is 5.62. The van der Waals surface area contributed by atoms with Crippen molar-refractivity contribution in [3.8, 4) is 0 Å². The molecule has 34 heavy (non-hydrogen) atoms. The molecule has 0 saturated heterocycles. The van der Waals surface area contributed by atoms with Crippen LogP contribution in [-0.2, 0) is 28.8 Å². The largest absolute Gasteiger partial charge is 0.481 e. The molecule has 13 heteroatoms. The van der Waals surface area contributed by atoms with Gasteiger partial charge in [0.25, 0.3) is 0 Å². The van der Waals surface area contributed by atoms with E-state index < -0.39 is 72.6 Å². The van der Waals surface area contributed by atoms with E-state index >= 15 is 0 Å². The van der Waals surface area contributed by atoms with E-state index in [1.807, 2.05) is 0 Å². The molecule has 0 fully saturated rings. The lowest BCUT2D eigenvalue weighted by molar-refractivity contribution is -0.144. The second-order valence-electron chi connectivity index (χ2n) is 8.67. The first-order valence-electron chi connectivity index (χ1n) is 11.1. The second-order valence-corrected chi connectivity index (χ2v) is 8.67. The van der Waals surface area contributed by atoms with Crippen LogP contribution in [-0.4, -0.2) is 69.9 Å². The molecular formula is C21H37N5O8. The molecule has 0 radical (unpaired) electrons. The van der Waals surface area contributed by atoms with E-state index in [1.54, 1.807) is 27.7 Å². The average Bonchev–Trinajstić information content (AvgIpc) is 2.72. The predicted octanol–water partition coefficient (Wildman–Crippen LogP) is -1.31. The Kier molecular flexibility index (Phi) is 13.4. The second kappa shape index (κ2) is 14.8. The van der Waals surface area contributed by atoms with Gasteiger partial charge in [-0.05, 0) is 24.7 Å². The number of carbonyl (C=O) groups is 6. The highest BCUT2D eigenvalue weighted by Gasteiger charge is 2.32. The third kappa shape index (κ3) is 11.6. The first-order chi connectivity index (χ1) is 15.7. The Labute approximate surface area is 198 Å². The van der Waals surface area contributed by atoms with Crippen LogP contribution in [0.15, 0.2) is 0 Å². The van der Waals surface area contributed by atoms with Crippen molar-refractivity contribution in [1.82, 2.24) is 16.0 Å². The standard InChI is InChI=1S/C21H37N5O8/c1-5-11(4)17(21(33)34)26-20(32)14(8-10(2)3)25-19(31)13(6-7-16(28)29)24-18(30)12(22)9-15(23)27/h10-14,17H,5-9,22H2,1-4H3,(H2,23,27)(H,24,30)(H,25,31)(H,26,32)(H,28,29)(H,33,34). The summed E-state index contributed by atoms with van der Waals surface area (Å²) in [7, 11) is 0. The Morgan fingerprint density at radius 3 is 1.82 bits per heavy atom. The summed E-state index contributed by atoms with van der Waals surface area (Å²) in [6, 6.07) is -5.02. The van der Waals surface area contributed by atoms with Gasteiger partial charge in [-0.3, -0.25) is 24.0 Å². The number of rotatable bonds is 16. The molecule has 0 aliphatic carbocycles. The fourth-order valence-electron chi connectivity index (χ4n) is 3.04. The first-order valence-corrected chi connectivity index (χ1v) is 11.1. The monoisotopic (exact) mass is 487 g/mol. The maximum atomic E-state index is 12.9. The molecule has 194 valence electrons. The zero-order valence-electron chi connectivity index (χ0n) is 20.0. The zero-order chi connectivity index (χ0) is 26.6. The van der Waals surface area contributed by atoms with Crippen LogP contribution in [0.4, 0.5) is 0 Å². The minimum absolute atomic E-state index is 0.0704. The van der Waals surface area contributed by atoms with Gasteiger partial charge in [0, 0.05) is 6.42 Å². The zero-order valence-corrected chi connectivity index (χ0v) is 20.0. The van der Waals surface area contributed by atoms with E-state index in [1.165, 1.54) is 0 Å². The maximum Gasteiger partial charge on any atom is 0.326 e. The smallest absolute Gasteiger partial charge is 0.326 e. The van der Waals surface area contributed by atoms with Crippen molar-refractivity contribution < 1.29 is 39.0 Å². The molecule has 0 bridgehead atoms. The minimum atomic E-state index is -1.37. The number of carboxylic acids is 2. The number of carboxylic acid groups (broad SMARTS) is 2. The van der Waals surface area contributed by atoms with E-state index in [9.17, 15) is 33.9 Å². The summed E-state index contributed by atoms with van der Waals surface area (Å²) in [5.74, 6) is -6.17. The molecule has 0 aliphatic heterocycles. The molecule has 0 heterocycles. The van der Waals surface area contributed by atoms with Gasteiger partial charge in [0.05, 0.1) is 12.5 Å². The van der Waals surface area contributed by atoms with Crippen molar-refractivity contribution >= 4 is 35.6 Å². The van der Waals surface area contributed by atoms with Crippen LogP contribution < -0.4 is 27.4 Å². The van der Waals surface area contributed by atoms with Crippen LogP contribution in [0.2, 0.25) is 0 Å². The van der Waals surface area contributed by atoms with E-state index in [0.29, 0.717) is 6.42 Å². The quantitative estimate of drug-likeness (QED) is 0.137. The first kappa shape index (κ1) is 30.8. The highest BCUT2D eigenvalue weighted by atomic mass is 16.4. The summed E-state index contributed by atoms with van der Waals surface area (Å²) in [5.41, 5.74) is 10.6. The molecule has 0 saturated carbocycles. The van der Waals surface area contributed by atoms with Gasteiger partial charge in [0.1, 0.15) is 18.1 Å². The summed E-state index contributed by atoms with van der Waals surface area (Å²) in [4.78, 5) is 71.6. The molecule has 0 aliphatic rings. The molecule has 13 nitrogen and oxygen atoms in total. The fourth-order valence-corrected chi connectivity index (χ4v) is 3.04. The number of carbonyl (C=O) groups excluding carboxylic acids is 4.